The van der Waals surface area contributed by atoms with Crippen LogP contribution in [0.3, 0.4) is 0 Å². The highest BCUT2D eigenvalue weighted by atomic mass is 35.5. The topological polar surface area (TPSA) is 89.0 Å². The van der Waals surface area contributed by atoms with Gasteiger partial charge in [-0.3, -0.25) is 9.59 Å². The number of carbonyl (C=O) groups is 2. The number of nitrogens with zero attached hydrogens (tertiary/aromatic N) is 1. The maximum absolute atomic E-state index is 12.0. The van der Waals surface area contributed by atoms with E-state index in [9.17, 15) is 9.59 Å². The van der Waals surface area contributed by atoms with Crippen molar-refractivity contribution in [3.8, 4) is 11.5 Å². The highest BCUT2D eigenvalue weighted by Gasteiger charge is 2.09. The number of hydrazone groups is 1. The second-order valence-electron chi connectivity index (χ2n) is 6.50. The number of nitrogens with one attached hydrogen (secondary N) is 2. The van der Waals surface area contributed by atoms with Crippen LogP contribution in [0.1, 0.15) is 36.2 Å². The second kappa shape index (κ2) is 11.4. The Bertz CT molecular complexity index is 932. The van der Waals surface area contributed by atoms with E-state index in [1.54, 1.807) is 31.4 Å². The number of rotatable bonds is 9. The third-order valence-electron chi connectivity index (χ3n) is 3.77. The molecule has 0 aliphatic carbocycles. The van der Waals surface area contributed by atoms with E-state index in [4.69, 9.17) is 32.7 Å². The zero-order valence-corrected chi connectivity index (χ0v) is 18.4. The molecule has 0 fully saturated rings. The molecule has 0 aliphatic rings. The quantitative estimate of drug-likeness (QED) is 0.444. The van der Waals surface area contributed by atoms with Gasteiger partial charge in [-0.1, -0.05) is 23.2 Å². The normalized spacial score (nSPS) is 10.9. The first-order valence-corrected chi connectivity index (χ1v) is 9.95. The van der Waals surface area contributed by atoms with Crippen LogP contribution in [0.2, 0.25) is 10.0 Å². The minimum atomic E-state index is -0.347. The summed E-state index contributed by atoms with van der Waals surface area (Å²) in [6, 6.07) is 9.89. The molecule has 0 heterocycles. The lowest BCUT2D eigenvalue weighted by molar-refractivity contribution is -0.120. The zero-order valence-electron chi connectivity index (χ0n) is 16.9. The lowest BCUT2D eigenvalue weighted by Gasteiger charge is -2.13. The Hall–Kier alpha value is -2.77. The van der Waals surface area contributed by atoms with Gasteiger partial charge in [-0.25, -0.2) is 5.43 Å². The highest BCUT2D eigenvalue weighted by molar-refractivity contribution is 6.42. The van der Waals surface area contributed by atoms with Crippen molar-refractivity contribution in [2.45, 2.75) is 26.4 Å². The van der Waals surface area contributed by atoms with E-state index in [-0.39, 0.29) is 35.9 Å². The highest BCUT2D eigenvalue weighted by Crippen LogP contribution is 2.28. The van der Waals surface area contributed by atoms with Crippen LogP contribution in [0.5, 0.6) is 11.5 Å². The molecule has 0 saturated carbocycles. The van der Waals surface area contributed by atoms with E-state index in [0.29, 0.717) is 22.1 Å². The van der Waals surface area contributed by atoms with E-state index in [2.05, 4.69) is 15.8 Å². The third-order valence-corrected chi connectivity index (χ3v) is 4.51. The summed E-state index contributed by atoms with van der Waals surface area (Å²) in [4.78, 5) is 23.9. The van der Waals surface area contributed by atoms with Crippen molar-refractivity contribution < 1.29 is 19.1 Å². The number of amides is 2. The Morgan fingerprint density at radius 2 is 1.87 bits per heavy atom. The van der Waals surface area contributed by atoms with E-state index in [1.165, 1.54) is 18.3 Å². The molecule has 0 radical (unpaired) electrons. The van der Waals surface area contributed by atoms with Crippen LogP contribution >= 0.6 is 23.2 Å². The van der Waals surface area contributed by atoms with Gasteiger partial charge in [0.2, 0.25) is 5.91 Å². The van der Waals surface area contributed by atoms with Gasteiger partial charge >= 0.3 is 0 Å². The van der Waals surface area contributed by atoms with Gasteiger partial charge in [-0.2, -0.15) is 5.10 Å². The molecule has 7 nitrogen and oxygen atoms in total. The van der Waals surface area contributed by atoms with Gasteiger partial charge in [-0.05, 0) is 55.8 Å². The maximum atomic E-state index is 12.0. The minimum absolute atomic E-state index is 0.0230. The summed E-state index contributed by atoms with van der Waals surface area (Å²) < 4.78 is 11.0. The smallest absolute Gasteiger partial charge is 0.251 e. The number of carbonyl (C=O) groups excluding carboxylic acids is 2. The van der Waals surface area contributed by atoms with Gasteiger partial charge in [0.05, 0.1) is 29.5 Å². The number of methoxy groups -OCH3 is 1. The molecule has 30 heavy (non-hydrogen) atoms. The number of hydrogen-bond acceptors (Lipinski definition) is 5. The molecule has 2 aromatic carbocycles. The van der Waals surface area contributed by atoms with Gasteiger partial charge in [0, 0.05) is 18.5 Å². The summed E-state index contributed by atoms with van der Waals surface area (Å²) in [5.74, 6) is 0.517. The Morgan fingerprint density at radius 3 is 2.53 bits per heavy atom. The molecule has 2 aromatic rings. The summed E-state index contributed by atoms with van der Waals surface area (Å²) in [7, 11) is 1.55. The molecule has 0 unspecified atom stereocenters. The molecule has 160 valence electrons. The standard InChI is InChI=1S/C21H23Cl2N3O4/c1-13(2)30-18-7-4-14(10-19(18)29-3)12-25-26-20(27)8-9-24-21(28)15-5-6-16(22)17(23)11-15/h4-7,10-13H,8-9H2,1-3H3,(H,24,28)(H,26,27). The molecule has 9 heteroatoms. The van der Waals surface area contributed by atoms with E-state index in [0.717, 1.165) is 5.56 Å². The van der Waals surface area contributed by atoms with E-state index in [1.807, 2.05) is 13.8 Å². The lowest BCUT2D eigenvalue weighted by atomic mass is 10.2. The second-order valence-corrected chi connectivity index (χ2v) is 7.32. The van der Waals surface area contributed by atoms with Crippen LogP contribution in [-0.2, 0) is 4.79 Å². The molecule has 0 bridgehead atoms. The average Bonchev–Trinajstić information content (AvgIpc) is 2.70. The van der Waals surface area contributed by atoms with Crippen LogP contribution in [0.25, 0.3) is 0 Å². The van der Waals surface area contributed by atoms with Gasteiger partial charge in [0.25, 0.3) is 5.91 Å². The van der Waals surface area contributed by atoms with Gasteiger partial charge in [0.1, 0.15) is 0 Å². The predicted octanol–water partition coefficient (Wildman–Crippen LogP) is 4.06. The summed E-state index contributed by atoms with van der Waals surface area (Å²) >= 11 is 11.7. The molecular formula is C21H23Cl2N3O4. The van der Waals surface area contributed by atoms with Gasteiger partial charge in [-0.15, -0.1) is 0 Å². The monoisotopic (exact) mass is 451 g/mol. The number of halogens is 2. The van der Waals surface area contributed by atoms with Gasteiger partial charge < -0.3 is 14.8 Å². The Balaban J connectivity index is 1.80. The summed E-state index contributed by atoms with van der Waals surface area (Å²) in [5.41, 5.74) is 3.51. The van der Waals surface area contributed by atoms with Crippen LogP contribution in [-0.4, -0.2) is 37.8 Å². The average molecular weight is 452 g/mol. The summed E-state index contributed by atoms with van der Waals surface area (Å²) in [6.07, 6.45) is 1.58. The fourth-order valence-electron chi connectivity index (χ4n) is 2.38. The predicted molar refractivity (Wildman–Crippen MR) is 118 cm³/mol. The third kappa shape index (κ3) is 7.24. The molecule has 0 spiro atoms. The van der Waals surface area contributed by atoms with Crippen molar-refractivity contribution in [2.24, 2.45) is 5.10 Å². The van der Waals surface area contributed by atoms with E-state index < -0.39 is 0 Å². The van der Waals surface area contributed by atoms with Crippen molar-refractivity contribution in [3.63, 3.8) is 0 Å². The van der Waals surface area contributed by atoms with Crippen molar-refractivity contribution in [1.82, 2.24) is 10.7 Å². The first-order chi connectivity index (χ1) is 14.3. The molecule has 0 aromatic heterocycles. The van der Waals surface area contributed by atoms with Crippen molar-refractivity contribution in [1.29, 1.82) is 0 Å². The largest absolute Gasteiger partial charge is 0.493 e. The zero-order chi connectivity index (χ0) is 22.1. The lowest BCUT2D eigenvalue weighted by Crippen LogP contribution is -2.29. The molecule has 2 amide bonds. The molecule has 0 aliphatic heterocycles. The van der Waals surface area contributed by atoms with Crippen LogP contribution in [0.4, 0.5) is 0 Å². The van der Waals surface area contributed by atoms with E-state index >= 15 is 0 Å². The molecular weight excluding hydrogens is 429 g/mol. The van der Waals surface area contributed by atoms with Crippen LogP contribution in [0, 0.1) is 0 Å². The van der Waals surface area contributed by atoms with Gasteiger partial charge in [0.15, 0.2) is 11.5 Å². The Morgan fingerprint density at radius 1 is 1.10 bits per heavy atom. The number of benzene rings is 2. The fourth-order valence-corrected chi connectivity index (χ4v) is 2.68. The first-order valence-electron chi connectivity index (χ1n) is 9.20. The number of hydrogen-bond donors (Lipinski definition) is 2. The first kappa shape index (κ1) is 23.5. The van der Waals surface area contributed by atoms with Crippen molar-refractivity contribution in [3.05, 3.63) is 57.6 Å². The Labute approximate surface area is 185 Å². The molecule has 2 rings (SSSR count). The molecule has 2 N–H and O–H groups in total. The minimum Gasteiger partial charge on any atom is -0.493 e. The molecule has 0 atom stereocenters. The number of ether oxygens (including phenoxy) is 2. The molecule has 0 saturated heterocycles. The van der Waals surface area contributed by atoms with Crippen LogP contribution in [0.15, 0.2) is 41.5 Å². The SMILES string of the molecule is COc1cc(C=NNC(=O)CCNC(=O)c2ccc(Cl)c(Cl)c2)ccc1OC(C)C. The van der Waals surface area contributed by atoms with Crippen molar-refractivity contribution in [2.75, 3.05) is 13.7 Å². The fraction of sp³-hybridized carbons (Fsp3) is 0.286. The van der Waals surface area contributed by atoms with Crippen molar-refractivity contribution >= 4 is 41.2 Å². The summed E-state index contributed by atoms with van der Waals surface area (Å²) in [5, 5.41) is 7.21. The maximum Gasteiger partial charge on any atom is 0.251 e. The summed E-state index contributed by atoms with van der Waals surface area (Å²) in [6.45, 7) is 4.00. The Kier molecular flexibility index (Phi) is 8.95. The van der Waals surface area contributed by atoms with Crippen LogP contribution < -0.4 is 20.2 Å².